The maximum atomic E-state index is 12.6. The van der Waals surface area contributed by atoms with Gasteiger partial charge >= 0.3 is 0 Å². The number of nitrogens with two attached hydrogens (primary N) is 1. The molecule has 2 aromatic rings. The van der Waals surface area contributed by atoms with Crippen molar-refractivity contribution in [2.24, 2.45) is 5.73 Å². The minimum Gasteiger partial charge on any atom is -0.345 e. The molecule has 0 saturated heterocycles. The van der Waals surface area contributed by atoms with Gasteiger partial charge in [-0.1, -0.05) is 25.0 Å². The zero-order chi connectivity index (χ0) is 17.0. The predicted octanol–water partition coefficient (Wildman–Crippen LogP) is 3.00. The second kappa shape index (κ2) is 7.15. The molecule has 1 saturated carbocycles. The molecule has 4 N–H and O–H groups in total. The lowest BCUT2D eigenvalue weighted by molar-refractivity contribution is 0.0902. The number of thiophene rings is 1. The van der Waals surface area contributed by atoms with E-state index in [0.717, 1.165) is 25.7 Å². The second-order valence-electron chi connectivity index (χ2n) is 6.16. The zero-order valence-electron chi connectivity index (χ0n) is 13.4. The number of nitrogens with one attached hydrogen (secondary N) is 2. The van der Waals surface area contributed by atoms with Gasteiger partial charge < -0.3 is 16.4 Å². The summed E-state index contributed by atoms with van der Waals surface area (Å²) < 4.78 is 0. The van der Waals surface area contributed by atoms with E-state index in [1.165, 1.54) is 11.3 Å². The maximum absolute atomic E-state index is 12.6. The molecular weight excluding hydrogens is 322 g/mol. The van der Waals surface area contributed by atoms with Crippen LogP contribution in [0.2, 0.25) is 0 Å². The fourth-order valence-electron chi connectivity index (χ4n) is 3.08. The van der Waals surface area contributed by atoms with Gasteiger partial charge in [0.15, 0.2) is 0 Å². The minimum absolute atomic E-state index is 0.144. The molecule has 1 aromatic carbocycles. The molecule has 1 fully saturated rings. The molecule has 5 nitrogen and oxygen atoms in total. The first-order valence-corrected chi connectivity index (χ1v) is 8.97. The van der Waals surface area contributed by atoms with E-state index in [-0.39, 0.29) is 17.4 Å². The van der Waals surface area contributed by atoms with Gasteiger partial charge in [-0.25, -0.2) is 0 Å². The Morgan fingerprint density at radius 1 is 1.12 bits per heavy atom. The first-order chi connectivity index (χ1) is 11.6. The molecule has 2 amide bonds. The van der Waals surface area contributed by atoms with Gasteiger partial charge in [0.2, 0.25) is 0 Å². The first kappa shape index (κ1) is 16.7. The summed E-state index contributed by atoms with van der Waals surface area (Å²) in [4.78, 5) is 25.3. The molecule has 6 heteroatoms. The van der Waals surface area contributed by atoms with Crippen LogP contribution in [0.1, 0.15) is 45.7 Å². The third kappa shape index (κ3) is 3.66. The van der Waals surface area contributed by atoms with E-state index < -0.39 is 0 Å². The highest BCUT2D eigenvalue weighted by Gasteiger charge is 2.34. The van der Waals surface area contributed by atoms with Crippen molar-refractivity contribution in [3.8, 4) is 0 Å². The van der Waals surface area contributed by atoms with E-state index in [2.05, 4.69) is 10.6 Å². The summed E-state index contributed by atoms with van der Waals surface area (Å²) in [6.45, 7) is 0.452. The molecule has 0 unspecified atom stereocenters. The van der Waals surface area contributed by atoms with Crippen LogP contribution in [-0.4, -0.2) is 23.9 Å². The quantitative estimate of drug-likeness (QED) is 0.780. The van der Waals surface area contributed by atoms with E-state index in [4.69, 9.17) is 5.73 Å². The summed E-state index contributed by atoms with van der Waals surface area (Å²) in [6.07, 6.45) is 4.02. The Balaban J connectivity index is 1.70. The molecular formula is C18H21N3O2S. The molecule has 0 spiro atoms. The molecule has 24 heavy (non-hydrogen) atoms. The smallest absolute Gasteiger partial charge is 0.265 e. The van der Waals surface area contributed by atoms with Crippen LogP contribution in [0.15, 0.2) is 41.8 Å². The third-order valence-electron chi connectivity index (χ3n) is 4.46. The fraction of sp³-hybridized carbons (Fsp3) is 0.333. The van der Waals surface area contributed by atoms with Crippen LogP contribution in [0.25, 0.3) is 0 Å². The molecule has 126 valence electrons. The van der Waals surface area contributed by atoms with Crippen molar-refractivity contribution < 1.29 is 9.59 Å². The highest BCUT2D eigenvalue weighted by molar-refractivity contribution is 7.12. The van der Waals surface area contributed by atoms with Crippen LogP contribution in [0.5, 0.6) is 0 Å². The van der Waals surface area contributed by atoms with Gasteiger partial charge in [0.1, 0.15) is 0 Å². The van der Waals surface area contributed by atoms with Gasteiger partial charge in [-0.3, -0.25) is 9.59 Å². The normalized spacial score (nSPS) is 15.9. The molecule has 1 aliphatic rings. The van der Waals surface area contributed by atoms with Crippen LogP contribution in [0.4, 0.5) is 5.69 Å². The van der Waals surface area contributed by atoms with Crippen molar-refractivity contribution in [3.05, 3.63) is 52.2 Å². The van der Waals surface area contributed by atoms with Crippen LogP contribution in [-0.2, 0) is 0 Å². The molecule has 0 aliphatic heterocycles. The van der Waals surface area contributed by atoms with Crippen LogP contribution in [0.3, 0.4) is 0 Å². The first-order valence-electron chi connectivity index (χ1n) is 8.09. The summed E-state index contributed by atoms with van der Waals surface area (Å²) in [7, 11) is 0. The van der Waals surface area contributed by atoms with E-state index >= 15 is 0 Å². The lowest BCUT2D eigenvalue weighted by Gasteiger charge is -2.28. The monoisotopic (exact) mass is 343 g/mol. The third-order valence-corrected chi connectivity index (χ3v) is 5.33. The number of carbonyl (C=O) groups is 2. The molecule has 1 aliphatic carbocycles. The zero-order valence-corrected chi connectivity index (χ0v) is 14.2. The second-order valence-corrected chi connectivity index (χ2v) is 7.11. The highest BCUT2D eigenvalue weighted by Crippen LogP contribution is 2.29. The van der Waals surface area contributed by atoms with E-state index in [9.17, 15) is 9.59 Å². The molecule has 0 bridgehead atoms. The maximum Gasteiger partial charge on any atom is 0.265 e. The van der Waals surface area contributed by atoms with Crippen molar-refractivity contribution >= 4 is 28.8 Å². The average molecular weight is 343 g/mol. The molecule has 0 radical (unpaired) electrons. The van der Waals surface area contributed by atoms with E-state index in [0.29, 0.717) is 22.7 Å². The lowest BCUT2D eigenvalue weighted by Crippen LogP contribution is -2.51. The van der Waals surface area contributed by atoms with Crippen molar-refractivity contribution in [1.82, 2.24) is 5.32 Å². The number of hydrogen-bond donors (Lipinski definition) is 3. The Kier molecular flexibility index (Phi) is 4.97. The summed E-state index contributed by atoms with van der Waals surface area (Å²) in [5.41, 5.74) is 6.72. The molecule has 3 rings (SSSR count). The number of anilines is 1. The minimum atomic E-state index is -0.284. The number of rotatable bonds is 5. The number of hydrogen-bond acceptors (Lipinski definition) is 4. The van der Waals surface area contributed by atoms with E-state index in [1.54, 1.807) is 30.3 Å². The van der Waals surface area contributed by atoms with Crippen molar-refractivity contribution in [2.75, 3.05) is 11.9 Å². The summed E-state index contributed by atoms with van der Waals surface area (Å²) >= 11 is 1.38. The molecule has 1 heterocycles. The predicted molar refractivity (Wildman–Crippen MR) is 96.4 cm³/mol. The molecule has 0 atom stereocenters. The van der Waals surface area contributed by atoms with Crippen LogP contribution in [0, 0.1) is 0 Å². The van der Waals surface area contributed by atoms with Gasteiger partial charge in [0.25, 0.3) is 11.8 Å². The largest absolute Gasteiger partial charge is 0.345 e. The van der Waals surface area contributed by atoms with Crippen molar-refractivity contribution in [2.45, 2.75) is 31.2 Å². The molecule has 1 aromatic heterocycles. The highest BCUT2D eigenvalue weighted by atomic mass is 32.1. The Bertz CT molecular complexity index is 722. The number of amides is 2. The van der Waals surface area contributed by atoms with Gasteiger partial charge in [-0.05, 0) is 42.5 Å². The van der Waals surface area contributed by atoms with Gasteiger partial charge in [-0.2, -0.15) is 0 Å². The lowest BCUT2D eigenvalue weighted by atomic mass is 9.97. The fourth-order valence-corrected chi connectivity index (χ4v) is 3.70. The summed E-state index contributed by atoms with van der Waals surface area (Å²) in [5.74, 6) is -0.314. The summed E-state index contributed by atoms with van der Waals surface area (Å²) in [6, 6.07) is 10.6. The van der Waals surface area contributed by atoms with Gasteiger partial charge in [0, 0.05) is 17.8 Å². The number of benzene rings is 1. The Morgan fingerprint density at radius 2 is 1.92 bits per heavy atom. The van der Waals surface area contributed by atoms with Crippen LogP contribution >= 0.6 is 11.3 Å². The average Bonchev–Trinajstić information content (AvgIpc) is 3.27. The Labute approximate surface area is 145 Å². The topological polar surface area (TPSA) is 84.2 Å². The van der Waals surface area contributed by atoms with E-state index in [1.807, 2.05) is 11.4 Å². The van der Waals surface area contributed by atoms with Crippen molar-refractivity contribution in [1.29, 1.82) is 0 Å². The Hall–Kier alpha value is -2.18. The Morgan fingerprint density at radius 3 is 2.58 bits per heavy atom. The van der Waals surface area contributed by atoms with Gasteiger partial charge in [0.05, 0.1) is 10.4 Å². The van der Waals surface area contributed by atoms with Crippen molar-refractivity contribution in [3.63, 3.8) is 0 Å². The van der Waals surface area contributed by atoms with Gasteiger partial charge in [-0.15, -0.1) is 11.3 Å². The SMILES string of the molecule is NCC1(NC(=O)c2cccc(NC(=O)c3cccs3)c2)CCCC1. The summed E-state index contributed by atoms with van der Waals surface area (Å²) in [5, 5.41) is 7.77. The van der Waals surface area contributed by atoms with Crippen LogP contribution < -0.4 is 16.4 Å². The standard InChI is InChI=1S/C18H21N3O2S/c19-12-18(8-1-2-9-18)21-16(22)13-5-3-6-14(11-13)20-17(23)15-7-4-10-24-15/h3-7,10-11H,1-2,8-9,12,19H2,(H,20,23)(H,21,22). The number of carbonyl (C=O) groups excluding carboxylic acids is 2.